The summed E-state index contributed by atoms with van der Waals surface area (Å²) in [6, 6.07) is 3.16. The molecule has 0 atom stereocenters. The minimum atomic E-state index is -4.75. The van der Waals surface area contributed by atoms with Crippen LogP contribution >= 0.6 is 0 Å². The van der Waals surface area contributed by atoms with E-state index in [2.05, 4.69) is 10.2 Å². The molecule has 0 saturated heterocycles. The van der Waals surface area contributed by atoms with E-state index in [4.69, 9.17) is 5.73 Å². The highest BCUT2D eigenvalue weighted by molar-refractivity contribution is 5.91. The molecule has 1 heterocycles. The number of primary amides is 1. The van der Waals surface area contributed by atoms with Crippen molar-refractivity contribution in [3.63, 3.8) is 0 Å². The maximum absolute atomic E-state index is 12.7. The van der Waals surface area contributed by atoms with Crippen LogP contribution in [0.4, 0.5) is 18.9 Å². The van der Waals surface area contributed by atoms with Gasteiger partial charge in [-0.25, -0.2) is 0 Å². The minimum Gasteiger partial charge on any atom is -0.364 e. The molecule has 1 aromatic heterocycles. The van der Waals surface area contributed by atoms with E-state index >= 15 is 0 Å². The molecule has 110 valence electrons. The van der Waals surface area contributed by atoms with Gasteiger partial charge in [0.2, 0.25) is 0 Å². The van der Waals surface area contributed by atoms with Crippen molar-refractivity contribution >= 4 is 11.6 Å². The quantitative estimate of drug-likeness (QED) is 0.667. The van der Waals surface area contributed by atoms with Gasteiger partial charge in [0.25, 0.3) is 11.6 Å². The number of rotatable bonds is 3. The molecule has 1 aromatic carbocycles. The van der Waals surface area contributed by atoms with Gasteiger partial charge in [-0.05, 0) is 12.1 Å². The van der Waals surface area contributed by atoms with Gasteiger partial charge in [0.1, 0.15) is 5.69 Å². The van der Waals surface area contributed by atoms with Crippen LogP contribution in [-0.4, -0.2) is 21.0 Å². The molecule has 0 bridgehead atoms. The van der Waals surface area contributed by atoms with Gasteiger partial charge in [-0.15, -0.1) is 0 Å². The molecule has 0 saturated carbocycles. The molecule has 7 nitrogen and oxygen atoms in total. The molecule has 0 radical (unpaired) electrons. The number of amides is 1. The lowest BCUT2D eigenvalue weighted by atomic mass is 10.1. The molecule has 3 N–H and O–H groups in total. The minimum absolute atomic E-state index is 0.0574. The van der Waals surface area contributed by atoms with E-state index in [0.29, 0.717) is 12.1 Å². The van der Waals surface area contributed by atoms with Crippen molar-refractivity contribution < 1.29 is 22.9 Å². The van der Waals surface area contributed by atoms with Crippen LogP contribution in [0.2, 0.25) is 0 Å². The van der Waals surface area contributed by atoms with Crippen LogP contribution in [-0.2, 0) is 6.18 Å². The number of nitrogens with zero attached hydrogens (tertiary/aromatic N) is 2. The van der Waals surface area contributed by atoms with Crippen LogP contribution in [0, 0.1) is 10.1 Å². The third-order valence-electron chi connectivity index (χ3n) is 2.60. The highest BCUT2D eigenvalue weighted by atomic mass is 19.4. The summed E-state index contributed by atoms with van der Waals surface area (Å²) in [4.78, 5) is 20.7. The average molecular weight is 300 g/mol. The topological polar surface area (TPSA) is 115 Å². The molecular formula is C11H7F3N4O3. The number of hydrogen-bond acceptors (Lipinski definition) is 4. The standard InChI is InChI=1S/C11H7F3N4O3/c12-11(13,14)6-1-5(2-7(3-6)18(20)21)8-4-9(10(15)19)17-16-8/h1-4H,(H2,15,19)(H,16,17). The summed E-state index contributed by atoms with van der Waals surface area (Å²) in [5.41, 5.74) is 2.74. The van der Waals surface area contributed by atoms with Crippen LogP contribution in [0.3, 0.4) is 0 Å². The SMILES string of the molecule is NC(=O)c1cc(-c2cc([N+](=O)[O-])cc(C(F)(F)F)c2)n[nH]1. The lowest BCUT2D eigenvalue weighted by Crippen LogP contribution is -2.10. The Labute approximate surface area is 114 Å². The molecule has 0 aliphatic rings. The molecular weight excluding hydrogens is 293 g/mol. The van der Waals surface area contributed by atoms with Gasteiger partial charge in [-0.1, -0.05) is 0 Å². The van der Waals surface area contributed by atoms with Crippen molar-refractivity contribution in [1.82, 2.24) is 10.2 Å². The molecule has 0 aliphatic heterocycles. The van der Waals surface area contributed by atoms with E-state index in [1.54, 1.807) is 0 Å². The van der Waals surface area contributed by atoms with Crippen molar-refractivity contribution in [2.24, 2.45) is 5.73 Å². The number of halogens is 3. The number of H-pyrrole nitrogens is 1. The molecule has 21 heavy (non-hydrogen) atoms. The third-order valence-corrected chi connectivity index (χ3v) is 2.60. The van der Waals surface area contributed by atoms with Gasteiger partial charge in [0.15, 0.2) is 0 Å². The summed E-state index contributed by atoms with van der Waals surface area (Å²) >= 11 is 0. The Hall–Kier alpha value is -2.91. The number of aromatic amines is 1. The number of nitrogens with one attached hydrogen (secondary N) is 1. The van der Waals surface area contributed by atoms with Crippen LogP contribution in [0.15, 0.2) is 24.3 Å². The first kappa shape index (κ1) is 14.5. The first-order valence-corrected chi connectivity index (χ1v) is 5.41. The van der Waals surface area contributed by atoms with Crippen LogP contribution in [0.25, 0.3) is 11.3 Å². The monoisotopic (exact) mass is 300 g/mol. The van der Waals surface area contributed by atoms with E-state index in [9.17, 15) is 28.1 Å². The van der Waals surface area contributed by atoms with Gasteiger partial charge >= 0.3 is 6.18 Å². The number of non-ortho nitro benzene ring substituents is 1. The highest BCUT2D eigenvalue weighted by Crippen LogP contribution is 2.35. The Morgan fingerprint density at radius 1 is 1.29 bits per heavy atom. The zero-order valence-corrected chi connectivity index (χ0v) is 10.1. The number of benzene rings is 1. The number of nitro benzene ring substituents is 1. The zero-order chi connectivity index (χ0) is 15.8. The lowest BCUT2D eigenvalue weighted by Gasteiger charge is -2.07. The maximum Gasteiger partial charge on any atom is 0.416 e. The molecule has 0 spiro atoms. The number of nitrogens with two attached hydrogens (primary N) is 1. The molecule has 0 fully saturated rings. The maximum atomic E-state index is 12.7. The van der Waals surface area contributed by atoms with E-state index in [0.717, 1.165) is 12.1 Å². The molecule has 10 heteroatoms. The van der Waals surface area contributed by atoms with Crippen molar-refractivity contribution in [2.75, 3.05) is 0 Å². The van der Waals surface area contributed by atoms with E-state index in [-0.39, 0.29) is 17.0 Å². The first-order chi connectivity index (χ1) is 9.68. The summed E-state index contributed by atoms with van der Waals surface area (Å²) in [7, 11) is 0. The number of nitro groups is 1. The van der Waals surface area contributed by atoms with E-state index in [1.807, 2.05) is 0 Å². The molecule has 1 amide bonds. The third kappa shape index (κ3) is 2.99. The Balaban J connectivity index is 2.59. The highest BCUT2D eigenvalue weighted by Gasteiger charge is 2.33. The molecule has 0 unspecified atom stereocenters. The smallest absolute Gasteiger partial charge is 0.364 e. The number of hydrogen-bond donors (Lipinski definition) is 2. The second-order valence-corrected chi connectivity index (χ2v) is 4.05. The second kappa shape index (κ2) is 4.89. The summed E-state index contributed by atoms with van der Waals surface area (Å²) in [5, 5.41) is 16.6. The summed E-state index contributed by atoms with van der Waals surface area (Å²) in [5.74, 6) is -0.852. The Kier molecular flexibility index (Phi) is 3.37. The fourth-order valence-corrected chi connectivity index (χ4v) is 1.62. The fraction of sp³-hybridized carbons (Fsp3) is 0.0909. The summed E-state index contributed by atoms with van der Waals surface area (Å²) in [6.07, 6.45) is -4.75. The average Bonchev–Trinajstić information content (AvgIpc) is 2.86. The molecule has 2 rings (SSSR count). The summed E-state index contributed by atoms with van der Waals surface area (Å²) < 4.78 is 38.2. The van der Waals surface area contributed by atoms with Gasteiger partial charge in [0.05, 0.1) is 16.2 Å². The summed E-state index contributed by atoms with van der Waals surface area (Å²) in [6.45, 7) is 0. The van der Waals surface area contributed by atoms with Gasteiger partial charge in [-0.2, -0.15) is 18.3 Å². The number of aromatic nitrogens is 2. The van der Waals surface area contributed by atoms with Crippen molar-refractivity contribution in [2.45, 2.75) is 6.18 Å². The van der Waals surface area contributed by atoms with Crippen molar-refractivity contribution in [3.05, 3.63) is 45.6 Å². The molecule has 2 aromatic rings. The molecule has 0 aliphatic carbocycles. The number of alkyl halides is 3. The van der Waals surface area contributed by atoms with E-state index in [1.165, 1.54) is 0 Å². The van der Waals surface area contributed by atoms with Crippen molar-refractivity contribution in [1.29, 1.82) is 0 Å². The Morgan fingerprint density at radius 3 is 2.43 bits per heavy atom. The fourth-order valence-electron chi connectivity index (χ4n) is 1.62. The lowest BCUT2D eigenvalue weighted by molar-refractivity contribution is -0.385. The Bertz CT molecular complexity index is 724. The largest absolute Gasteiger partial charge is 0.416 e. The van der Waals surface area contributed by atoms with Crippen LogP contribution < -0.4 is 5.73 Å². The normalized spacial score (nSPS) is 11.4. The predicted octanol–water partition coefficient (Wildman–Crippen LogP) is 2.10. The Morgan fingerprint density at radius 2 is 1.95 bits per heavy atom. The van der Waals surface area contributed by atoms with E-state index < -0.39 is 28.3 Å². The number of carbonyl (C=O) groups excluding carboxylic acids is 1. The first-order valence-electron chi connectivity index (χ1n) is 5.41. The van der Waals surface area contributed by atoms with Crippen LogP contribution in [0.5, 0.6) is 0 Å². The van der Waals surface area contributed by atoms with Gasteiger partial charge in [0, 0.05) is 17.7 Å². The predicted molar refractivity (Wildman–Crippen MR) is 64.2 cm³/mol. The number of carbonyl (C=O) groups is 1. The van der Waals surface area contributed by atoms with Gasteiger partial charge < -0.3 is 5.73 Å². The van der Waals surface area contributed by atoms with Crippen molar-refractivity contribution in [3.8, 4) is 11.3 Å². The second-order valence-electron chi connectivity index (χ2n) is 4.05. The van der Waals surface area contributed by atoms with Crippen LogP contribution in [0.1, 0.15) is 16.1 Å². The zero-order valence-electron chi connectivity index (χ0n) is 10.1. The van der Waals surface area contributed by atoms with Gasteiger partial charge in [-0.3, -0.25) is 20.0 Å².